The van der Waals surface area contributed by atoms with E-state index in [1.165, 1.54) is 0 Å². The summed E-state index contributed by atoms with van der Waals surface area (Å²) in [7, 11) is 1.61. The number of hydrogen-bond donors (Lipinski definition) is 2. The normalized spacial score (nSPS) is 11.7. The molecule has 27 heavy (non-hydrogen) atoms. The van der Waals surface area contributed by atoms with Crippen LogP contribution in [0.5, 0.6) is 5.75 Å². The van der Waals surface area contributed by atoms with Crippen molar-refractivity contribution in [1.82, 2.24) is 15.0 Å². The third-order valence-electron chi connectivity index (χ3n) is 4.07. The molecule has 3 aromatic rings. The highest BCUT2D eigenvalue weighted by Gasteiger charge is 2.11. The average molecular weight is 384 g/mol. The number of aromatic nitrogens is 3. The smallest absolute Gasteiger partial charge is 0.225 e. The Balaban J connectivity index is 2.01. The summed E-state index contributed by atoms with van der Waals surface area (Å²) in [6.45, 7) is 4.19. The summed E-state index contributed by atoms with van der Waals surface area (Å²) in [4.78, 5) is 13.6. The van der Waals surface area contributed by atoms with Gasteiger partial charge in [0.15, 0.2) is 0 Å². The lowest BCUT2D eigenvalue weighted by atomic mass is 10.2. The molecule has 0 bridgehead atoms. The zero-order valence-corrected chi connectivity index (χ0v) is 16.3. The van der Waals surface area contributed by atoms with Crippen LogP contribution in [0.4, 0.5) is 17.5 Å². The first kappa shape index (κ1) is 18.9. The van der Waals surface area contributed by atoms with E-state index in [9.17, 15) is 0 Å². The van der Waals surface area contributed by atoms with Gasteiger partial charge in [-0.25, -0.2) is 4.98 Å². The molecule has 3 rings (SSSR count). The Hall–Kier alpha value is -2.86. The second kappa shape index (κ2) is 8.68. The van der Waals surface area contributed by atoms with Gasteiger partial charge in [0.05, 0.1) is 24.2 Å². The number of nitrogens with zero attached hydrogens (tertiary/aromatic N) is 3. The molecule has 6 nitrogen and oxygen atoms in total. The van der Waals surface area contributed by atoms with Crippen molar-refractivity contribution in [2.75, 3.05) is 17.7 Å². The fourth-order valence-electron chi connectivity index (χ4n) is 2.46. The molecular formula is C20H22ClN5O. The molecule has 1 atom stereocenters. The Bertz CT molecular complexity index is 904. The van der Waals surface area contributed by atoms with E-state index in [0.29, 0.717) is 22.5 Å². The van der Waals surface area contributed by atoms with Crippen LogP contribution in [0, 0.1) is 0 Å². The molecule has 0 fully saturated rings. The molecular weight excluding hydrogens is 362 g/mol. The first-order valence-electron chi connectivity index (χ1n) is 8.76. The van der Waals surface area contributed by atoms with Crippen LogP contribution in [0.15, 0.2) is 48.7 Å². The van der Waals surface area contributed by atoms with Crippen LogP contribution in [-0.4, -0.2) is 28.1 Å². The van der Waals surface area contributed by atoms with Crippen molar-refractivity contribution < 1.29 is 4.74 Å². The van der Waals surface area contributed by atoms with E-state index in [-0.39, 0.29) is 6.04 Å². The fourth-order valence-corrected chi connectivity index (χ4v) is 2.63. The Labute approximate surface area is 164 Å². The van der Waals surface area contributed by atoms with E-state index in [2.05, 4.69) is 39.4 Å². The fraction of sp³-hybridized carbons (Fsp3) is 0.250. The minimum Gasteiger partial charge on any atom is -0.495 e. The van der Waals surface area contributed by atoms with E-state index in [4.69, 9.17) is 16.3 Å². The van der Waals surface area contributed by atoms with Crippen molar-refractivity contribution in [2.45, 2.75) is 26.3 Å². The number of hydrogen-bond acceptors (Lipinski definition) is 6. The molecule has 0 radical (unpaired) electrons. The summed E-state index contributed by atoms with van der Waals surface area (Å²) >= 11 is 6.14. The molecule has 140 valence electrons. The quantitative estimate of drug-likeness (QED) is 0.587. The largest absolute Gasteiger partial charge is 0.495 e. The lowest BCUT2D eigenvalue weighted by molar-refractivity contribution is 0.417. The van der Waals surface area contributed by atoms with Gasteiger partial charge in [-0.2, -0.15) is 4.98 Å². The van der Waals surface area contributed by atoms with Crippen LogP contribution < -0.4 is 15.4 Å². The number of methoxy groups -OCH3 is 1. The Kier molecular flexibility index (Phi) is 6.08. The van der Waals surface area contributed by atoms with Gasteiger partial charge >= 0.3 is 0 Å². The highest BCUT2D eigenvalue weighted by atomic mass is 35.5. The lowest BCUT2D eigenvalue weighted by Gasteiger charge is -2.15. The minimum atomic E-state index is 0.248. The van der Waals surface area contributed by atoms with Gasteiger partial charge in [-0.3, -0.25) is 4.98 Å². The van der Waals surface area contributed by atoms with Gasteiger partial charge in [0.25, 0.3) is 0 Å². The van der Waals surface area contributed by atoms with Crippen molar-refractivity contribution in [3.05, 3.63) is 53.7 Å². The van der Waals surface area contributed by atoms with Crippen LogP contribution in [0.3, 0.4) is 0 Å². The highest BCUT2D eigenvalue weighted by molar-refractivity contribution is 6.31. The number of nitrogens with one attached hydrogen (secondary N) is 2. The van der Waals surface area contributed by atoms with Gasteiger partial charge in [-0.1, -0.05) is 24.6 Å². The number of rotatable bonds is 7. The molecule has 0 aliphatic heterocycles. The molecule has 2 N–H and O–H groups in total. The van der Waals surface area contributed by atoms with E-state index in [0.717, 1.165) is 23.5 Å². The molecule has 2 aromatic heterocycles. The first-order valence-corrected chi connectivity index (χ1v) is 9.14. The molecule has 0 aliphatic rings. The molecule has 1 aromatic carbocycles. The first-order chi connectivity index (χ1) is 13.1. The van der Waals surface area contributed by atoms with E-state index >= 15 is 0 Å². The SMILES string of the molecule is CC[C@H](C)Nc1nc(Nc2cc(Cl)ccc2OC)cc(-c2ccccn2)n1. The summed E-state index contributed by atoms with van der Waals surface area (Å²) in [5, 5.41) is 7.21. The monoisotopic (exact) mass is 383 g/mol. The van der Waals surface area contributed by atoms with Crippen molar-refractivity contribution >= 4 is 29.1 Å². The molecule has 0 unspecified atom stereocenters. The van der Waals surface area contributed by atoms with Gasteiger partial charge in [-0.15, -0.1) is 0 Å². The second-order valence-corrected chi connectivity index (χ2v) is 6.54. The van der Waals surface area contributed by atoms with Gasteiger partial charge in [0.2, 0.25) is 5.95 Å². The van der Waals surface area contributed by atoms with Crippen molar-refractivity contribution in [1.29, 1.82) is 0 Å². The maximum absolute atomic E-state index is 6.14. The van der Waals surface area contributed by atoms with Crippen LogP contribution in [0.1, 0.15) is 20.3 Å². The molecule has 0 amide bonds. The standard InChI is InChI=1S/C20H22ClN5O/c1-4-13(2)23-20-25-16(15-7-5-6-10-22-15)12-19(26-20)24-17-11-14(21)8-9-18(17)27-3/h5-13H,4H2,1-3H3,(H2,23,24,25,26)/t13-/m0/s1. The summed E-state index contributed by atoms with van der Waals surface area (Å²) in [6, 6.07) is 13.2. The maximum Gasteiger partial charge on any atom is 0.225 e. The third kappa shape index (κ3) is 4.86. The van der Waals surface area contributed by atoms with Crippen molar-refractivity contribution in [3.63, 3.8) is 0 Å². The van der Waals surface area contributed by atoms with E-state index < -0.39 is 0 Å². The summed E-state index contributed by atoms with van der Waals surface area (Å²) < 4.78 is 5.41. The molecule has 0 aliphatic carbocycles. The number of halogens is 1. The van der Waals surface area contributed by atoms with Gasteiger partial charge in [0.1, 0.15) is 11.6 Å². The average Bonchev–Trinajstić information content (AvgIpc) is 2.68. The second-order valence-electron chi connectivity index (χ2n) is 6.10. The van der Waals surface area contributed by atoms with E-state index in [1.807, 2.05) is 30.3 Å². The zero-order chi connectivity index (χ0) is 19.2. The summed E-state index contributed by atoms with van der Waals surface area (Å²) in [5.74, 6) is 1.84. The summed E-state index contributed by atoms with van der Waals surface area (Å²) in [6.07, 6.45) is 2.70. The predicted molar refractivity (Wildman–Crippen MR) is 110 cm³/mol. The summed E-state index contributed by atoms with van der Waals surface area (Å²) in [5.41, 5.74) is 2.22. The van der Waals surface area contributed by atoms with Gasteiger partial charge in [0, 0.05) is 23.3 Å². The van der Waals surface area contributed by atoms with Crippen LogP contribution in [0.25, 0.3) is 11.4 Å². The van der Waals surface area contributed by atoms with Crippen molar-refractivity contribution in [3.8, 4) is 17.1 Å². The topological polar surface area (TPSA) is 72.0 Å². The molecule has 0 saturated carbocycles. The minimum absolute atomic E-state index is 0.248. The van der Waals surface area contributed by atoms with Crippen LogP contribution >= 0.6 is 11.6 Å². The molecule has 2 heterocycles. The zero-order valence-electron chi connectivity index (χ0n) is 15.5. The van der Waals surface area contributed by atoms with Gasteiger partial charge in [-0.05, 0) is 43.7 Å². The molecule has 0 saturated heterocycles. The Morgan fingerprint density at radius 1 is 1.11 bits per heavy atom. The molecule has 0 spiro atoms. The van der Waals surface area contributed by atoms with Crippen molar-refractivity contribution in [2.24, 2.45) is 0 Å². The number of ether oxygens (including phenoxy) is 1. The number of anilines is 3. The van der Waals surface area contributed by atoms with Gasteiger partial charge < -0.3 is 15.4 Å². The van der Waals surface area contributed by atoms with Crippen LogP contribution in [-0.2, 0) is 0 Å². The predicted octanol–water partition coefficient (Wildman–Crippen LogP) is 5.15. The lowest BCUT2D eigenvalue weighted by Crippen LogP contribution is -2.16. The third-order valence-corrected chi connectivity index (χ3v) is 4.30. The Morgan fingerprint density at radius 2 is 1.96 bits per heavy atom. The van der Waals surface area contributed by atoms with E-state index in [1.54, 1.807) is 25.4 Å². The number of pyridine rings is 1. The Morgan fingerprint density at radius 3 is 2.67 bits per heavy atom. The highest BCUT2D eigenvalue weighted by Crippen LogP contribution is 2.31. The maximum atomic E-state index is 6.14. The van der Waals surface area contributed by atoms with Crippen LogP contribution in [0.2, 0.25) is 5.02 Å². The number of benzene rings is 1. The molecule has 7 heteroatoms.